The molecule has 4 rings (SSSR count). The highest BCUT2D eigenvalue weighted by Crippen LogP contribution is 2.41. The van der Waals surface area contributed by atoms with Crippen molar-refractivity contribution < 1.29 is 17.9 Å². The lowest BCUT2D eigenvalue weighted by atomic mass is 10.1. The molecule has 0 saturated heterocycles. The van der Waals surface area contributed by atoms with Gasteiger partial charge >= 0.3 is 5.97 Å². The highest BCUT2D eigenvalue weighted by atomic mass is 35.7. The van der Waals surface area contributed by atoms with Crippen LogP contribution < -0.4 is 10.3 Å². The van der Waals surface area contributed by atoms with E-state index in [0.717, 1.165) is 6.07 Å². The number of fused-ring (bicyclic) bond motifs is 1. The molecule has 0 amide bonds. The fraction of sp³-hybridized carbons (Fsp3) is 0.0909. The average molecular weight is 485 g/mol. The predicted molar refractivity (Wildman–Crippen MR) is 124 cm³/mol. The minimum atomic E-state index is -4.16. The molecule has 168 valence electrons. The molecular formula is C22H17ClN4O5S. The highest BCUT2D eigenvalue weighted by molar-refractivity contribution is 8.14. The highest BCUT2D eigenvalue weighted by Gasteiger charge is 2.22. The monoisotopic (exact) mass is 484 g/mol. The van der Waals surface area contributed by atoms with Crippen LogP contribution in [0.25, 0.3) is 16.5 Å². The van der Waals surface area contributed by atoms with Gasteiger partial charge in [0.15, 0.2) is 11.4 Å². The maximum absolute atomic E-state index is 12.9. The smallest absolute Gasteiger partial charge is 0.308 e. The first-order chi connectivity index (χ1) is 15.7. The summed E-state index contributed by atoms with van der Waals surface area (Å²) in [7, 11) is 1.44. The second-order valence-electron chi connectivity index (χ2n) is 7.06. The Morgan fingerprint density at radius 2 is 1.61 bits per heavy atom. The number of hydrogen-bond acceptors (Lipinski definition) is 7. The van der Waals surface area contributed by atoms with Gasteiger partial charge in [0.05, 0.1) is 16.3 Å². The van der Waals surface area contributed by atoms with Crippen molar-refractivity contribution >= 4 is 47.8 Å². The summed E-state index contributed by atoms with van der Waals surface area (Å²) in [6.45, 7) is 2.84. The largest absolute Gasteiger partial charge is 0.424 e. The lowest BCUT2D eigenvalue weighted by Gasteiger charge is -2.11. The van der Waals surface area contributed by atoms with Crippen LogP contribution in [0.1, 0.15) is 12.6 Å². The van der Waals surface area contributed by atoms with Crippen molar-refractivity contribution in [1.29, 1.82) is 0 Å². The fourth-order valence-corrected chi connectivity index (χ4v) is 4.43. The number of esters is 1. The van der Waals surface area contributed by atoms with Gasteiger partial charge in [-0.1, -0.05) is 42.5 Å². The first kappa shape index (κ1) is 22.4. The van der Waals surface area contributed by atoms with E-state index in [2.05, 4.69) is 15.3 Å². The van der Waals surface area contributed by atoms with Crippen LogP contribution in [0.2, 0.25) is 0 Å². The van der Waals surface area contributed by atoms with Crippen LogP contribution in [-0.2, 0) is 13.8 Å². The lowest BCUT2D eigenvalue weighted by molar-refractivity contribution is -0.131. The summed E-state index contributed by atoms with van der Waals surface area (Å²) in [5.74, 6) is -0.843. The van der Waals surface area contributed by atoms with E-state index in [1.165, 1.54) is 11.6 Å². The van der Waals surface area contributed by atoms with E-state index in [0.29, 0.717) is 16.8 Å². The molecule has 3 aromatic carbocycles. The number of carbonyl (C=O) groups is 1. The molecule has 0 unspecified atom stereocenters. The van der Waals surface area contributed by atoms with Gasteiger partial charge in [0, 0.05) is 34.4 Å². The summed E-state index contributed by atoms with van der Waals surface area (Å²) in [5.41, 5.74) is 0.781. The first-order valence-electron chi connectivity index (χ1n) is 9.64. The lowest BCUT2D eigenvalue weighted by Crippen LogP contribution is -2.13. The predicted octanol–water partition coefficient (Wildman–Crippen LogP) is 4.90. The van der Waals surface area contributed by atoms with Gasteiger partial charge in [-0.2, -0.15) is 0 Å². The number of halogens is 1. The SMILES string of the molecule is CC(=O)Oc1cc(S(=O)(=O)Cl)c2ccccc2c1N=Nc1c(C)[nH]n(-c2ccccc2)c1=O. The first-order valence-corrected chi connectivity index (χ1v) is 12.0. The Morgan fingerprint density at radius 3 is 2.24 bits per heavy atom. The Bertz CT molecular complexity index is 1570. The standard InChI is InChI=1S/C22H17ClN4O5S/c1-13-20(22(29)27(26-13)15-8-4-3-5-9-15)24-25-21-17-11-7-6-10-16(17)19(33(23,30)31)12-18(21)32-14(2)28/h3-12,26H,1-2H3. The second-order valence-corrected chi connectivity index (χ2v) is 9.59. The van der Waals surface area contributed by atoms with Crippen LogP contribution in [0.15, 0.2) is 80.6 Å². The van der Waals surface area contributed by atoms with Crippen LogP contribution in [0.5, 0.6) is 5.75 Å². The van der Waals surface area contributed by atoms with Gasteiger partial charge in [0.2, 0.25) is 0 Å². The van der Waals surface area contributed by atoms with E-state index in [-0.39, 0.29) is 27.4 Å². The molecule has 4 aromatic rings. The Morgan fingerprint density at radius 1 is 1.00 bits per heavy atom. The number of carbonyl (C=O) groups excluding carboxylic acids is 1. The molecule has 1 aromatic heterocycles. The molecule has 33 heavy (non-hydrogen) atoms. The number of aryl methyl sites for hydroxylation is 1. The normalized spacial score (nSPS) is 11.8. The van der Waals surface area contributed by atoms with Crippen molar-refractivity contribution in [2.24, 2.45) is 10.2 Å². The molecule has 0 aliphatic heterocycles. The number of hydrogen-bond donors (Lipinski definition) is 1. The topological polar surface area (TPSA) is 123 Å². The maximum atomic E-state index is 12.9. The van der Waals surface area contributed by atoms with Gasteiger partial charge in [-0.15, -0.1) is 10.2 Å². The van der Waals surface area contributed by atoms with Crippen molar-refractivity contribution in [2.45, 2.75) is 18.7 Å². The van der Waals surface area contributed by atoms with Crippen LogP contribution in [-0.4, -0.2) is 24.2 Å². The number of H-pyrrole nitrogens is 1. The van der Waals surface area contributed by atoms with Gasteiger partial charge in [-0.05, 0) is 19.1 Å². The summed E-state index contributed by atoms with van der Waals surface area (Å²) in [6, 6.07) is 16.5. The minimum absolute atomic E-state index is 0.0470. The maximum Gasteiger partial charge on any atom is 0.308 e. The van der Waals surface area contributed by atoms with Crippen molar-refractivity contribution in [3.8, 4) is 11.4 Å². The molecule has 0 saturated carbocycles. The van der Waals surface area contributed by atoms with E-state index in [1.54, 1.807) is 55.5 Å². The summed E-state index contributed by atoms with van der Waals surface area (Å²) in [4.78, 5) is 24.4. The molecule has 0 atom stereocenters. The number of aromatic amines is 1. The van der Waals surface area contributed by atoms with Crippen LogP contribution in [0.4, 0.5) is 11.4 Å². The van der Waals surface area contributed by atoms with Gasteiger partial charge in [-0.3, -0.25) is 14.7 Å². The Balaban J connectivity index is 1.92. The van der Waals surface area contributed by atoms with E-state index < -0.39 is 20.6 Å². The summed E-state index contributed by atoms with van der Waals surface area (Å²) in [6.07, 6.45) is 0. The van der Waals surface area contributed by atoms with E-state index in [4.69, 9.17) is 15.4 Å². The second kappa shape index (κ2) is 8.64. The Kier molecular flexibility index (Phi) is 5.88. The molecule has 1 heterocycles. The number of nitrogens with zero attached hydrogens (tertiary/aromatic N) is 3. The number of azo groups is 1. The summed E-state index contributed by atoms with van der Waals surface area (Å²) >= 11 is 0. The average Bonchev–Trinajstić information content (AvgIpc) is 3.05. The zero-order valence-electron chi connectivity index (χ0n) is 17.4. The zero-order valence-corrected chi connectivity index (χ0v) is 19.0. The van der Waals surface area contributed by atoms with Crippen LogP contribution >= 0.6 is 10.7 Å². The third-order valence-corrected chi connectivity index (χ3v) is 6.13. The molecule has 9 nitrogen and oxygen atoms in total. The molecule has 0 radical (unpaired) electrons. The van der Waals surface area contributed by atoms with E-state index in [1.807, 2.05) is 6.07 Å². The zero-order chi connectivity index (χ0) is 23.8. The number of aromatic nitrogens is 2. The van der Waals surface area contributed by atoms with Crippen molar-refractivity contribution in [1.82, 2.24) is 9.78 Å². The number of para-hydroxylation sites is 1. The molecule has 0 aliphatic rings. The minimum Gasteiger partial charge on any atom is -0.424 e. The molecular weight excluding hydrogens is 468 g/mol. The number of nitrogens with one attached hydrogen (secondary N) is 1. The fourth-order valence-electron chi connectivity index (χ4n) is 3.35. The van der Waals surface area contributed by atoms with Crippen molar-refractivity contribution in [2.75, 3.05) is 0 Å². The summed E-state index contributed by atoms with van der Waals surface area (Å²) < 4.78 is 30.8. The van der Waals surface area contributed by atoms with Crippen molar-refractivity contribution in [3.05, 3.63) is 76.7 Å². The van der Waals surface area contributed by atoms with Gasteiger partial charge in [-0.25, -0.2) is 13.1 Å². The van der Waals surface area contributed by atoms with E-state index in [9.17, 15) is 18.0 Å². The molecule has 0 spiro atoms. The molecule has 0 bridgehead atoms. The molecule has 0 fully saturated rings. The Hall–Kier alpha value is -3.76. The number of rotatable bonds is 5. The van der Waals surface area contributed by atoms with E-state index >= 15 is 0 Å². The molecule has 1 N–H and O–H groups in total. The molecule has 0 aliphatic carbocycles. The third-order valence-electron chi connectivity index (χ3n) is 4.76. The van der Waals surface area contributed by atoms with Gasteiger partial charge in [0.1, 0.15) is 5.69 Å². The number of benzene rings is 3. The Labute approximate surface area is 192 Å². The molecule has 11 heteroatoms. The van der Waals surface area contributed by atoms with Crippen LogP contribution in [0.3, 0.4) is 0 Å². The van der Waals surface area contributed by atoms with Gasteiger partial charge < -0.3 is 4.74 Å². The van der Waals surface area contributed by atoms with Gasteiger partial charge in [0.25, 0.3) is 14.6 Å². The van der Waals surface area contributed by atoms with Crippen molar-refractivity contribution in [3.63, 3.8) is 0 Å². The third kappa shape index (κ3) is 4.43. The number of ether oxygens (including phenoxy) is 1. The summed E-state index contributed by atoms with van der Waals surface area (Å²) in [5, 5.41) is 11.8. The quantitative estimate of drug-likeness (QED) is 0.187. The van der Waals surface area contributed by atoms with Crippen LogP contribution in [0, 0.1) is 6.92 Å².